The van der Waals surface area contributed by atoms with Gasteiger partial charge in [0.15, 0.2) is 18.9 Å². The Hall–Kier alpha value is -0.480. The molecule has 2 saturated heterocycles. The fourth-order valence-corrected chi connectivity index (χ4v) is 3.72. The molecule has 0 aromatic carbocycles. The van der Waals surface area contributed by atoms with Crippen LogP contribution >= 0.6 is 0 Å². The molecule has 12 heteroatoms. The molecule has 12 nitrogen and oxygen atoms in total. The van der Waals surface area contributed by atoms with E-state index in [9.17, 15) is 40.9 Å². The van der Waals surface area contributed by atoms with Gasteiger partial charge in [-0.15, -0.1) is 0 Å². The lowest BCUT2D eigenvalue weighted by Crippen LogP contribution is -2.62. The maximum atomic E-state index is 10.2. The molecule has 2 aliphatic rings. The second-order valence-corrected chi connectivity index (χ2v) is 8.34. The Morgan fingerprint density at radius 2 is 1.22 bits per heavy atom. The normalized spacial score (nSPS) is 40.7. The van der Waals surface area contributed by atoms with Gasteiger partial charge in [-0.25, -0.2) is 0 Å². The van der Waals surface area contributed by atoms with Crippen molar-refractivity contribution in [3.8, 4) is 0 Å². The highest BCUT2D eigenvalue weighted by atomic mass is 16.7. The zero-order valence-electron chi connectivity index (χ0n) is 18.2. The smallest absolute Gasteiger partial charge is 0.186 e. The molecular formula is C20H38O12. The predicted molar refractivity (Wildman–Crippen MR) is 107 cm³/mol. The predicted octanol–water partition coefficient (Wildman–Crippen LogP) is -2.69. The van der Waals surface area contributed by atoms with Crippen molar-refractivity contribution >= 4 is 0 Å². The Labute approximate surface area is 186 Å². The first-order valence-electron chi connectivity index (χ1n) is 11.2. The minimum absolute atomic E-state index is 0.287. The second-order valence-electron chi connectivity index (χ2n) is 8.34. The van der Waals surface area contributed by atoms with Gasteiger partial charge in [-0.2, -0.15) is 0 Å². The van der Waals surface area contributed by atoms with Gasteiger partial charge in [0.25, 0.3) is 0 Å². The first-order chi connectivity index (χ1) is 15.2. The molecule has 0 radical (unpaired) electrons. The maximum absolute atomic E-state index is 10.2. The molecular weight excluding hydrogens is 432 g/mol. The number of hydrogen-bond donors (Lipinski definition) is 8. The third-order valence-corrected chi connectivity index (χ3v) is 5.77. The number of hydrogen-bond acceptors (Lipinski definition) is 12. The lowest BCUT2D eigenvalue weighted by molar-refractivity contribution is -0.345. The van der Waals surface area contributed by atoms with E-state index < -0.39 is 74.3 Å². The first-order valence-corrected chi connectivity index (χ1v) is 11.2. The maximum Gasteiger partial charge on any atom is 0.186 e. The molecule has 8 N–H and O–H groups in total. The summed E-state index contributed by atoms with van der Waals surface area (Å²) in [4.78, 5) is 0. The van der Waals surface area contributed by atoms with Crippen LogP contribution in [0.1, 0.15) is 45.4 Å². The van der Waals surface area contributed by atoms with Crippen LogP contribution in [0, 0.1) is 0 Å². The molecule has 0 aromatic heterocycles. The second kappa shape index (κ2) is 13.4. The number of rotatable bonds is 12. The zero-order chi connectivity index (χ0) is 23.8. The molecule has 2 fully saturated rings. The molecule has 32 heavy (non-hydrogen) atoms. The summed E-state index contributed by atoms with van der Waals surface area (Å²) in [6, 6.07) is 0. The van der Waals surface area contributed by atoms with E-state index in [4.69, 9.17) is 18.9 Å². The highest BCUT2D eigenvalue weighted by Gasteiger charge is 2.48. The Bertz CT molecular complexity index is 523. The third-order valence-electron chi connectivity index (χ3n) is 5.77. The molecule has 2 rings (SSSR count). The van der Waals surface area contributed by atoms with Crippen LogP contribution in [-0.2, 0) is 18.9 Å². The van der Waals surface area contributed by atoms with Gasteiger partial charge in [0.1, 0.15) is 48.8 Å². The van der Waals surface area contributed by atoms with Crippen LogP contribution in [0.2, 0.25) is 0 Å². The molecule has 0 amide bonds. The molecule has 10 atom stereocenters. The number of ether oxygens (including phenoxy) is 4. The van der Waals surface area contributed by atoms with Crippen molar-refractivity contribution in [1.29, 1.82) is 0 Å². The van der Waals surface area contributed by atoms with E-state index in [1.54, 1.807) is 0 Å². The van der Waals surface area contributed by atoms with Gasteiger partial charge >= 0.3 is 0 Å². The van der Waals surface area contributed by atoms with Gasteiger partial charge in [-0.05, 0) is 6.42 Å². The van der Waals surface area contributed by atoms with E-state index in [2.05, 4.69) is 6.92 Å². The summed E-state index contributed by atoms with van der Waals surface area (Å²) in [5, 5.41) is 78.7. The Kier molecular flexibility index (Phi) is 11.6. The van der Waals surface area contributed by atoms with E-state index in [-0.39, 0.29) is 6.61 Å². The SMILES string of the molecule is CCCCCCCCO[C@@H]1O[C@H](CO[C@H]2O[C@H](C(O)O)[C@H](O)[C@H](O)[C@H]2O)[C@@H](O)[C@H](O)[C@H]1O. The van der Waals surface area contributed by atoms with Crippen LogP contribution in [0.4, 0.5) is 0 Å². The molecule has 0 unspecified atom stereocenters. The summed E-state index contributed by atoms with van der Waals surface area (Å²) < 4.78 is 21.5. The topological polar surface area (TPSA) is 199 Å². The van der Waals surface area contributed by atoms with Crippen molar-refractivity contribution in [2.24, 2.45) is 0 Å². The van der Waals surface area contributed by atoms with Gasteiger partial charge < -0.3 is 59.8 Å². The lowest BCUT2D eigenvalue weighted by Gasteiger charge is -2.43. The highest BCUT2D eigenvalue weighted by Crippen LogP contribution is 2.26. The summed E-state index contributed by atoms with van der Waals surface area (Å²) >= 11 is 0. The lowest BCUT2D eigenvalue weighted by atomic mass is 9.98. The van der Waals surface area contributed by atoms with E-state index in [1.165, 1.54) is 6.42 Å². The van der Waals surface area contributed by atoms with Crippen molar-refractivity contribution in [1.82, 2.24) is 0 Å². The number of aliphatic hydroxyl groups is 8. The molecule has 2 heterocycles. The van der Waals surface area contributed by atoms with Gasteiger partial charge in [-0.1, -0.05) is 39.0 Å². The number of aliphatic hydroxyl groups excluding tert-OH is 7. The summed E-state index contributed by atoms with van der Waals surface area (Å²) in [7, 11) is 0. The average Bonchev–Trinajstić information content (AvgIpc) is 2.76. The third kappa shape index (κ3) is 7.26. The van der Waals surface area contributed by atoms with Gasteiger partial charge in [0.2, 0.25) is 0 Å². The van der Waals surface area contributed by atoms with Crippen LogP contribution in [0.15, 0.2) is 0 Å². The molecule has 2 aliphatic heterocycles. The summed E-state index contributed by atoms with van der Waals surface area (Å²) in [6.07, 6.45) is -11.4. The minimum Gasteiger partial charge on any atom is -0.387 e. The fourth-order valence-electron chi connectivity index (χ4n) is 3.72. The van der Waals surface area contributed by atoms with Crippen molar-refractivity contribution in [2.75, 3.05) is 13.2 Å². The Morgan fingerprint density at radius 3 is 1.84 bits per heavy atom. The van der Waals surface area contributed by atoms with Gasteiger partial charge in [-0.3, -0.25) is 0 Å². The summed E-state index contributed by atoms with van der Waals surface area (Å²) in [6.45, 7) is 1.96. The van der Waals surface area contributed by atoms with Crippen LogP contribution in [0.3, 0.4) is 0 Å². The molecule has 190 valence electrons. The molecule has 0 aromatic rings. The quantitative estimate of drug-likeness (QED) is 0.109. The first kappa shape index (κ1) is 27.8. The summed E-state index contributed by atoms with van der Waals surface area (Å²) in [5.74, 6) is 0. The minimum atomic E-state index is -2.15. The monoisotopic (exact) mass is 470 g/mol. The van der Waals surface area contributed by atoms with Crippen LogP contribution in [0.5, 0.6) is 0 Å². The van der Waals surface area contributed by atoms with Crippen LogP contribution < -0.4 is 0 Å². The van der Waals surface area contributed by atoms with Crippen molar-refractivity contribution in [3.05, 3.63) is 0 Å². The van der Waals surface area contributed by atoms with E-state index in [0.29, 0.717) is 0 Å². The number of unbranched alkanes of at least 4 members (excludes halogenated alkanes) is 5. The van der Waals surface area contributed by atoms with Gasteiger partial charge in [0.05, 0.1) is 6.61 Å². The van der Waals surface area contributed by atoms with Crippen molar-refractivity contribution in [2.45, 2.75) is 113 Å². The van der Waals surface area contributed by atoms with Crippen molar-refractivity contribution < 1.29 is 59.8 Å². The molecule has 0 saturated carbocycles. The Morgan fingerprint density at radius 1 is 0.656 bits per heavy atom. The van der Waals surface area contributed by atoms with E-state index in [0.717, 1.165) is 32.1 Å². The molecule has 0 aliphatic carbocycles. The van der Waals surface area contributed by atoms with Crippen LogP contribution in [-0.4, -0.2) is 122 Å². The molecule has 0 bridgehead atoms. The van der Waals surface area contributed by atoms with Crippen molar-refractivity contribution in [3.63, 3.8) is 0 Å². The Balaban J connectivity index is 1.86. The van der Waals surface area contributed by atoms with Crippen LogP contribution in [0.25, 0.3) is 0 Å². The largest absolute Gasteiger partial charge is 0.387 e. The van der Waals surface area contributed by atoms with Gasteiger partial charge in [0, 0.05) is 6.61 Å². The zero-order valence-corrected chi connectivity index (χ0v) is 18.2. The van der Waals surface area contributed by atoms with E-state index in [1.807, 2.05) is 0 Å². The fraction of sp³-hybridized carbons (Fsp3) is 1.00. The highest BCUT2D eigenvalue weighted by molar-refractivity contribution is 4.92. The standard InChI is InChI=1S/C20H38O12/c1-2-3-4-5-6-7-8-29-19-15(25)12(22)11(21)10(31-19)9-30-20-16(26)13(23)14(24)17(32-20)18(27)28/h10-28H,2-9H2,1H3/t10-,11-,12+,13+,14-,15-,16-,17+,19-,20+/m1/s1. The molecule has 0 spiro atoms. The summed E-state index contributed by atoms with van der Waals surface area (Å²) in [5.41, 5.74) is 0. The van der Waals surface area contributed by atoms with E-state index >= 15 is 0 Å². The average molecular weight is 471 g/mol.